The fraction of sp³-hybridized carbons (Fsp3) is 0.263. The van der Waals surface area contributed by atoms with E-state index in [4.69, 9.17) is 4.74 Å². The largest absolute Gasteiger partial charge is 0.449 e. The third kappa shape index (κ3) is 4.19. The van der Waals surface area contributed by atoms with Crippen molar-refractivity contribution in [3.05, 3.63) is 64.5 Å². The molecule has 1 N–H and O–H groups in total. The number of aryl methyl sites for hydroxylation is 3. The molecule has 0 aromatic heterocycles. The van der Waals surface area contributed by atoms with Gasteiger partial charge in [0.25, 0.3) is 5.91 Å². The van der Waals surface area contributed by atoms with E-state index in [0.717, 1.165) is 22.8 Å². The Labute approximate surface area is 140 Å². The van der Waals surface area contributed by atoms with E-state index in [-0.39, 0.29) is 5.56 Å². The third-order valence-electron chi connectivity index (χ3n) is 3.64. The van der Waals surface area contributed by atoms with Gasteiger partial charge in [-0.15, -0.1) is 0 Å². The van der Waals surface area contributed by atoms with Gasteiger partial charge >= 0.3 is 5.97 Å². The smallest absolute Gasteiger partial charge is 0.339 e. The van der Waals surface area contributed by atoms with E-state index in [1.54, 1.807) is 0 Å². The maximum atomic E-state index is 13.1. The molecule has 1 atom stereocenters. The zero-order valence-corrected chi connectivity index (χ0v) is 14.1. The van der Waals surface area contributed by atoms with E-state index in [2.05, 4.69) is 5.32 Å². The molecular weight excluding hydrogens is 309 g/mol. The quantitative estimate of drug-likeness (QED) is 0.865. The van der Waals surface area contributed by atoms with Gasteiger partial charge in [0.05, 0.1) is 5.56 Å². The van der Waals surface area contributed by atoms with Crippen molar-refractivity contribution in [2.45, 2.75) is 33.8 Å². The first-order chi connectivity index (χ1) is 11.3. The average molecular weight is 329 g/mol. The second-order valence-electron chi connectivity index (χ2n) is 5.82. The van der Waals surface area contributed by atoms with Gasteiger partial charge in [-0.3, -0.25) is 4.79 Å². The SMILES string of the molecule is Cc1cc(C)c(NC(=O)[C@@H](C)OC(=O)c2cccc(F)c2)c(C)c1. The lowest BCUT2D eigenvalue weighted by Crippen LogP contribution is -2.30. The van der Waals surface area contributed by atoms with Crippen LogP contribution in [0, 0.1) is 26.6 Å². The number of rotatable bonds is 4. The van der Waals surface area contributed by atoms with Gasteiger partial charge in [0.15, 0.2) is 6.10 Å². The summed E-state index contributed by atoms with van der Waals surface area (Å²) in [6.07, 6.45) is -0.999. The number of nitrogens with one attached hydrogen (secondary N) is 1. The molecule has 24 heavy (non-hydrogen) atoms. The maximum absolute atomic E-state index is 13.1. The summed E-state index contributed by atoms with van der Waals surface area (Å²) in [4.78, 5) is 24.2. The van der Waals surface area contributed by atoms with Crippen LogP contribution in [0.1, 0.15) is 34.0 Å². The highest BCUT2D eigenvalue weighted by Gasteiger charge is 2.20. The zero-order chi connectivity index (χ0) is 17.9. The van der Waals surface area contributed by atoms with E-state index in [1.807, 2.05) is 32.9 Å². The van der Waals surface area contributed by atoms with Gasteiger partial charge in [-0.25, -0.2) is 9.18 Å². The summed E-state index contributed by atoms with van der Waals surface area (Å²) >= 11 is 0. The number of esters is 1. The predicted octanol–water partition coefficient (Wildman–Crippen LogP) is 3.93. The predicted molar refractivity (Wildman–Crippen MR) is 90.6 cm³/mol. The maximum Gasteiger partial charge on any atom is 0.339 e. The van der Waals surface area contributed by atoms with Gasteiger partial charge in [-0.1, -0.05) is 23.8 Å². The molecular formula is C19H20FNO3. The van der Waals surface area contributed by atoms with Gasteiger partial charge in [0.2, 0.25) is 0 Å². The van der Waals surface area contributed by atoms with Gasteiger partial charge in [0.1, 0.15) is 5.82 Å². The summed E-state index contributed by atoms with van der Waals surface area (Å²) in [7, 11) is 0. The van der Waals surface area contributed by atoms with Crippen molar-refractivity contribution < 1.29 is 18.7 Å². The molecule has 126 valence electrons. The Bertz CT molecular complexity index is 763. The van der Waals surface area contributed by atoms with E-state index >= 15 is 0 Å². The van der Waals surface area contributed by atoms with Crippen molar-refractivity contribution in [3.63, 3.8) is 0 Å². The molecule has 2 aromatic rings. The van der Waals surface area contributed by atoms with Crippen molar-refractivity contribution in [2.24, 2.45) is 0 Å². The summed E-state index contributed by atoms with van der Waals surface area (Å²) in [6, 6.07) is 9.08. The van der Waals surface area contributed by atoms with Crippen LogP contribution in [0.25, 0.3) is 0 Å². The molecule has 0 aliphatic heterocycles. The van der Waals surface area contributed by atoms with E-state index in [0.29, 0.717) is 5.69 Å². The number of hydrogen-bond acceptors (Lipinski definition) is 3. The second-order valence-corrected chi connectivity index (χ2v) is 5.82. The second kappa shape index (κ2) is 7.25. The number of anilines is 1. The van der Waals surface area contributed by atoms with Gasteiger partial charge in [0, 0.05) is 5.69 Å². The number of carbonyl (C=O) groups excluding carboxylic acids is 2. The minimum atomic E-state index is -0.999. The minimum Gasteiger partial charge on any atom is -0.449 e. The van der Waals surface area contributed by atoms with Crippen LogP contribution in [-0.4, -0.2) is 18.0 Å². The summed E-state index contributed by atoms with van der Waals surface area (Å²) in [5.41, 5.74) is 3.75. The number of hydrogen-bond donors (Lipinski definition) is 1. The van der Waals surface area contributed by atoms with E-state index < -0.39 is 23.8 Å². The molecule has 2 rings (SSSR count). The summed E-state index contributed by atoms with van der Waals surface area (Å²) in [6.45, 7) is 7.26. The molecule has 0 bridgehead atoms. The van der Waals surface area contributed by atoms with Crippen molar-refractivity contribution >= 4 is 17.6 Å². The van der Waals surface area contributed by atoms with Crippen LogP contribution in [-0.2, 0) is 9.53 Å². The van der Waals surface area contributed by atoms with Crippen LogP contribution < -0.4 is 5.32 Å². The average Bonchev–Trinajstić information content (AvgIpc) is 2.50. The van der Waals surface area contributed by atoms with Gasteiger partial charge in [-0.05, 0) is 57.0 Å². The molecule has 0 saturated heterocycles. The lowest BCUT2D eigenvalue weighted by Gasteiger charge is -2.17. The third-order valence-corrected chi connectivity index (χ3v) is 3.64. The molecule has 0 spiro atoms. The monoisotopic (exact) mass is 329 g/mol. The normalized spacial score (nSPS) is 11.7. The van der Waals surface area contributed by atoms with Crippen LogP contribution in [0.3, 0.4) is 0 Å². The van der Waals surface area contributed by atoms with Crippen LogP contribution in [0.15, 0.2) is 36.4 Å². The van der Waals surface area contributed by atoms with Gasteiger partial charge < -0.3 is 10.1 Å². The van der Waals surface area contributed by atoms with E-state index in [1.165, 1.54) is 25.1 Å². The van der Waals surface area contributed by atoms with Crippen molar-refractivity contribution in [1.82, 2.24) is 0 Å². The van der Waals surface area contributed by atoms with Crippen LogP contribution in [0.2, 0.25) is 0 Å². The fourth-order valence-corrected chi connectivity index (χ4v) is 2.50. The molecule has 0 aliphatic carbocycles. The highest BCUT2D eigenvalue weighted by molar-refractivity contribution is 5.98. The molecule has 0 heterocycles. The number of benzene rings is 2. The van der Waals surface area contributed by atoms with Crippen molar-refractivity contribution in [3.8, 4) is 0 Å². The standard InChI is InChI=1S/C19H20FNO3/c1-11-8-12(2)17(13(3)9-11)21-18(22)14(4)24-19(23)15-6-5-7-16(20)10-15/h5-10,14H,1-4H3,(H,21,22)/t14-/m1/s1. The van der Waals surface area contributed by atoms with Gasteiger partial charge in [-0.2, -0.15) is 0 Å². The fourth-order valence-electron chi connectivity index (χ4n) is 2.50. The van der Waals surface area contributed by atoms with Crippen LogP contribution >= 0.6 is 0 Å². The summed E-state index contributed by atoms with van der Waals surface area (Å²) in [5, 5.41) is 2.78. The Morgan fingerprint density at radius 3 is 2.29 bits per heavy atom. The highest BCUT2D eigenvalue weighted by atomic mass is 19.1. The Morgan fingerprint density at radius 2 is 1.71 bits per heavy atom. The summed E-state index contributed by atoms with van der Waals surface area (Å²) in [5.74, 6) is -1.71. The minimum absolute atomic E-state index is 0.0670. The molecule has 2 aromatic carbocycles. The molecule has 0 radical (unpaired) electrons. The lowest BCUT2D eigenvalue weighted by atomic mass is 10.0. The summed E-state index contributed by atoms with van der Waals surface area (Å²) < 4.78 is 18.3. The lowest BCUT2D eigenvalue weighted by molar-refractivity contribution is -0.123. The Kier molecular flexibility index (Phi) is 5.34. The first-order valence-corrected chi connectivity index (χ1v) is 7.63. The number of amides is 1. The van der Waals surface area contributed by atoms with Crippen molar-refractivity contribution in [1.29, 1.82) is 0 Å². The molecule has 0 aliphatic rings. The number of carbonyl (C=O) groups is 2. The highest BCUT2D eigenvalue weighted by Crippen LogP contribution is 2.22. The molecule has 1 amide bonds. The Hall–Kier alpha value is -2.69. The molecule has 4 nitrogen and oxygen atoms in total. The molecule has 0 unspecified atom stereocenters. The zero-order valence-electron chi connectivity index (χ0n) is 14.1. The molecule has 5 heteroatoms. The Balaban J connectivity index is 2.06. The molecule has 0 saturated carbocycles. The number of ether oxygens (including phenoxy) is 1. The topological polar surface area (TPSA) is 55.4 Å². The van der Waals surface area contributed by atoms with E-state index in [9.17, 15) is 14.0 Å². The first-order valence-electron chi connectivity index (χ1n) is 7.63. The number of halogens is 1. The van der Waals surface area contributed by atoms with Crippen LogP contribution in [0.4, 0.5) is 10.1 Å². The first kappa shape index (κ1) is 17.7. The Morgan fingerprint density at radius 1 is 1.08 bits per heavy atom. The van der Waals surface area contributed by atoms with Crippen LogP contribution in [0.5, 0.6) is 0 Å². The van der Waals surface area contributed by atoms with Crippen molar-refractivity contribution in [2.75, 3.05) is 5.32 Å². The molecule has 0 fully saturated rings.